The maximum atomic E-state index is 5.68. The molecule has 0 bridgehead atoms. The van der Waals surface area contributed by atoms with Crippen LogP contribution in [-0.2, 0) is 4.74 Å². The Labute approximate surface area is 104 Å². The second-order valence-electron chi connectivity index (χ2n) is 4.38. The van der Waals surface area contributed by atoms with Crippen LogP contribution in [0.3, 0.4) is 0 Å². The molecule has 96 valence electrons. The predicted molar refractivity (Wildman–Crippen MR) is 64.3 cm³/mol. The highest BCUT2D eigenvalue weighted by Gasteiger charge is 2.17. The summed E-state index contributed by atoms with van der Waals surface area (Å²) in [5.74, 6) is 0.773. The minimum absolute atomic E-state index is 0.176. The number of morpholine rings is 1. The standard InChI is InChI=1S/C10H15N7O/c1-16-2-3-18-8(7-16)4-12-9-5-11-6-10-13-14-15-17(9)10/h5-6,8,12H,2-4,7H2,1H3. The van der Waals surface area contributed by atoms with Gasteiger partial charge >= 0.3 is 0 Å². The van der Waals surface area contributed by atoms with Crippen molar-refractivity contribution in [1.29, 1.82) is 0 Å². The number of hydrogen-bond acceptors (Lipinski definition) is 7. The van der Waals surface area contributed by atoms with Crippen molar-refractivity contribution < 1.29 is 4.74 Å². The maximum Gasteiger partial charge on any atom is 0.199 e. The van der Waals surface area contributed by atoms with Gasteiger partial charge in [-0.25, -0.2) is 0 Å². The average molecular weight is 249 g/mol. The van der Waals surface area contributed by atoms with E-state index in [0.717, 1.165) is 25.5 Å². The first-order valence-electron chi connectivity index (χ1n) is 5.89. The number of ether oxygens (including phenoxy) is 1. The van der Waals surface area contributed by atoms with Crippen molar-refractivity contribution in [3.8, 4) is 0 Å². The van der Waals surface area contributed by atoms with Gasteiger partial charge in [0.25, 0.3) is 0 Å². The molecule has 1 unspecified atom stereocenters. The Balaban J connectivity index is 1.67. The van der Waals surface area contributed by atoms with Gasteiger partial charge in [0.2, 0.25) is 0 Å². The summed E-state index contributed by atoms with van der Waals surface area (Å²) >= 11 is 0. The summed E-state index contributed by atoms with van der Waals surface area (Å²) in [6, 6.07) is 0. The van der Waals surface area contributed by atoms with Crippen LogP contribution in [0.2, 0.25) is 0 Å². The first kappa shape index (κ1) is 11.3. The number of tetrazole rings is 1. The summed E-state index contributed by atoms with van der Waals surface area (Å²) in [7, 11) is 2.10. The summed E-state index contributed by atoms with van der Waals surface area (Å²) in [5.41, 5.74) is 0.627. The fraction of sp³-hybridized carbons (Fsp3) is 0.600. The molecule has 1 aliphatic heterocycles. The van der Waals surface area contributed by atoms with E-state index in [4.69, 9.17) is 4.74 Å². The molecule has 0 spiro atoms. The molecular formula is C10H15N7O. The van der Waals surface area contributed by atoms with Gasteiger partial charge in [-0.3, -0.25) is 4.98 Å². The number of hydrogen-bond donors (Lipinski definition) is 1. The van der Waals surface area contributed by atoms with Crippen LogP contribution in [0, 0.1) is 0 Å². The minimum Gasteiger partial charge on any atom is -0.374 e. The summed E-state index contributed by atoms with van der Waals surface area (Å²) in [5, 5.41) is 14.6. The van der Waals surface area contributed by atoms with Crippen LogP contribution in [-0.4, -0.2) is 69.3 Å². The molecule has 1 saturated heterocycles. The van der Waals surface area contributed by atoms with E-state index in [1.807, 2.05) is 0 Å². The number of aromatic nitrogens is 5. The first-order valence-corrected chi connectivity index (χ1v) is 5.89. The molecule has 2 aromatic rings. The molecular weight excluding hydrogens is 234 g/mol. The molecule has 1 fully saturated rings. The van der Waals surface area contributed by atoms with E-state index in [1.165, 1.54) is 0 Å². The second kappa shape index (κ2) is 4.83. The summed E-state index contributed by atoms with van der Waals surface area (Å²) in [6.07, 6.45) is 3.50. The fourth-order valence-electron chi connectivity index (χ4n) is 2.00. The zero-order valence-electron chi connectivity index (χ0n) is 10.2. The van der Waals surface area contributed by atoms with Gasteiger partial charge in [-0.1, -0.05) is 0 Å². The second-order valence-corrected chi connectivity index (χ2v) is 4.38. The molecule has 1 aliphatic rings. The van der Waals surface area contributed by atoms with Crippen LogP contribution < -0.4 is 5.32 Å². The van der Waals surface area contributed by atoms with Crippen molar-refractivity contribution in [3.05, 3.63) is 12.4 Å². The van der Waals surface area contributed by atoms with Gasteiger partial charge in [0.15, 0.2) is 11.5 Å². The lowest BCUT2D eigenvalue weighted by atomic mass is 10.3. The number of nitrogens with zero attached hydrogens (tertiary/aromatic N) is 6. The van der Waals surface area contributed by atoms with Crippen molar-refractivity contribution in [2.24, 2.45) is 0 Å². The Hall–Kier alpha value is -1.80. The van der Waals surface area contributed by atoms with E-state index in [-0.39, 0.29) is 6.10 Å². The van der Waals surface area contributed by atoms with Gasteiger partial charge in [-0.2, -0.15) is 4.52 Å². The van der Waals surface area contributed by atoms with E-state index in [1.54, 1.807) is 16.9 Å². The highest BCUT2D eigenvalue weighted by Crippen LogP contribution is 2.08. The smallest absolute Gasteiger partial charge is 0.199 e. The Morgan fingerprint density at radius 3 is 3.33 bits per heavy atom. The molecule has 0 radical (unpaired) electrons. The number of fused-ring (bicyclic) bond motifs is 1. The maximum absolute atomic E-state index is 5.68. The summed E-state index contributed by atoms with van der Waals surface area (Å²) in [4.78, 5) is 6.34. The Bertz CT molecular complexity index is 528. The third kappa shape index (κ3) is 2.24. The highest BCUT2D eigenvalue weighted by atomic mass is 16.5. The van der Waals surface area contributed by atoms with Crippen LogP contribution in [0.1, 0.15) is 0 Å². The molecule has 18 heavy (non-hydrogen) atoms. The number of anilines is 1. The lowest BCUT2D eigenvalue weighted by Gasteiger charge is -2.30. The third-order valence-corrected chi connectivity index (χ3v) is 2.96. The molecule has 3 heterocycles. The van der Waals surface area contributed by atoms with Crippen molar-refractivity contribution >= 4 is 11.5 Å². The molecule has 0 aliphatic carbocycles. The van der Waals surface area contributed by atoms with Gasteiger partial charge in [0.05, 0.1) is 25.1 Å². The van der Waals surface area contributed by atoms with E-state index >= 15 is 0 Å². The van der Waals surface area contributed by atoms with Crippen LogP contribution >= 0.6 is 0 Å². The van der Waals surface area contributed by atoms with E-state index < -0.39 is 0 Å². The zero-order chi connectivity index (χ0) is 12.4. The molecule has 1 N–H and O–H groups in total. The Morgan fingerprint density at radius 2 is 2.44 bits per heavy atom. The lowest BCUT2D eigenvalue weighted by Crippen LogP contribution is -2.43. The monoisotopic (exact) mass is 249 g/mol. The molecule has 2 aromatic heterocycles. The SMILES string of the molecule is CN1CCOC(CNc2cncc3nnnn23)C1. The van der Waals surface area contributed by atoms with Gasteiger partial charge < -0.3 is 15.0 Å². The molecule has 8 heteroatoms. The number of rotatable bonds is 3. The highest BCUT2D eigenvalue weighted by molar-refractivity contribution is 5.43. The van der Waals surface area contributed by atoms with E-state index in [2.05, 4.69) is 37.8 Å². The molecule has 0 amide bonds. The van der Waals surface area contributed by atoms with E-state index in [0.29, 0.717) is 12.2 Å². The summed E-state index contributed by atoms with van der Waals surface area (Å²) in [6.45, 7) is 3.40. The van der Waals surface area contributed by atoms with Crippen LogP contribution in [0.5, 0.6) is 0 Å². The first-order chi connectivity index (χ1) is 8.83. The Morgan fingerprint density at radius 1 is 1.50 bits per heavy atom. The molecule has 8 nitrogen and oxygen atoms in total. The number of likely N-dealkylation sites (N-methyl/N-ethyl adjacent to an activating group) is 1. The van der Waals surface area contributed by atoms with Gasteiger partial charge in [-0.15, -0.1) is 5.10 Å². The fourth-order valence-corrected chi connectivity index (χ4v) is 2.00. The summed E-state index contributed by atoms with van der Waals surface area (Å²) < 4.78 is 7.30. The van der Waals surface area contributed by atoms with Gasteiger partial charge in [0, 0.05) is 19.6 Å². The van der Waals surface area contributed by atoms with Crippen LogP contribution in [0.15, 0.2) is 12.4 Å². The molecule has 0 saturated carbocycles. The lowest BCUT2D eigenvalue weighted by molar-refractivity contribution is -0.0117. The number of nitrogens with one attached hydrogen (secondary N) is 1. The predicted octanol–water partition coefficient (Wildman–Crippen LogP) is -0.738. The normalized spacial score (nSPS) is 21.3. The quantitative estimate of drug-likeness (QED) is 0.767. The van der Waals surface area contributed by atoms with Crippen molar-refractivity contribution in [2.45, 2.75) is 6.10 Å². The minimum atomic E-state index is 0.176. The van der Waals surface area contributed by atoms with Crippen molar-refractivity contribution in [1.82, 2.24) is 29.9 Å². The van der Waals surface area contributed by atoms with Crippen molar-refractivity contribution in [3.63, 3.8) is 0 Å². The van der Waals surface area contributed by atoms with Crippen molar-refractivity contribution in [2.75, 3.05) is 38.6 Å². The zero-order valence-corrected chi connectivity index (χ0v) is 10.2. The van der Waals surface area contributed by atoms with E-state index in [9.17, 15) is 0 Å². The Kier molecular flexibility index (Phi) is 3.03. The van der Waals surface area contributed by atoms with Crippen LogP contribution in [0.25, 0.3) is 5.65 Å². The van der Waals surface area contributed by atoms with Gasteiger partial charge in [0.1, 0.15) is 0 Å². The molecule has 1 atom stereocenters. The largest absolute Gasteiger partial charge is 0.374 e. The average Bonchev–Trinajstić information content (AvgIpc) is 2.85. The molecule has 0 aromatic carbocycles. The van der Waals surface area contributed by atoms with Crippen LogP contribution in [0.4, 0.5) is 5.82 Å². The van der Waals surface area contributed by atoms with Gasteiger partial charge in [-0.05, 0) is 17.5 Å². The topological polar surface area (TPSA) is 80.5 Å². The third-order valence-electron chi connectivity index (χ3n) is 2.96. The molecule has 3 rings (SSSR count).